The van der Waals surface area contributed by atoms with Crippen molar-refractivity contribution in [2.24, 2.45) is 0 Å². The summed E-state index contributed by atoms with van der Waals surface area (Å²) in [6, 6.07) is 0. The molecule has 1 rings (SSSR count). The molecule has 0 aliphatic carbocycles. The van der Waals surface area contributed by atoms with Gasteiger partial charge in [-0.1, -0.05) is 0 Å². The Labute approximate surface area is 88.7 Å². The lowest BCUT2D eigenvalue weighted by molar-refractivity contribution is -0.115. The second-order valence-electron chi connectivity index (χ2n) is 2.27. The molecule has 0 atom stereocenters. The average Bonchev–Trinajstić information content (AvgIpc) is 2.49. The van der Waals surface area contributed by atoms with Crippen LogP contribution in [0.5, 0.6) is 0 Å². The maximum absolute atomic E-state index is 10.9. The Kier molecular flexibility index (Phi) is 3.93. The molecule has 0 saturated heterocycles. The van der Waals surface area contributed by atoms with Gasteiger partial charge in [-0.3, -0.25) is 4.79 Å². The molecular weight excluding hydrogens is 252 g/mol. The van der Waals surface area contributed by atoms with Crippen molar-refractivity contribution in [1.29, 1.82) is 0 Å². The van der Waals surface area contributed by atoms with Crippen molar-refractivity contribution < 1.29 is 4.79 Å². The van der Waals surface area contributed by atoms with Gasteiger partial charge in [0.2, 0.25) is 0 Å². The molecule has 1 aromatic heterocycles. The van der Waals surface area contributed by atoms with Crippen molar-refractivity contribution in [3.63, 3.8) is 0 Å². The van der Waals surface area contributed by atoms with E-state index in [9.17, 15) is 4.79 Å². The summed E-state index contributed by atoms with van der Waals surface area (Å²) < 4.78 is 0. The number of carbonyl (C=O) groups is 1. The zero-order valence-corrected chi connectivity index (χ0v) is 9.33. The van der Waals surface area contributed by atoms with Crippen LogP contribution in [0, 0.1) is 17.7 Å². The Morgan fingerprint density at radius 3 is 3.15 bits per heavy atom. The maximum Gasteiger partial charge on any atom is 0.297 e. The van der Waals surface area contributed by atoms with Crippen LogP contribution in [0.3, 0.4) is 0 Å². The molecule has 0 aliphatic rings. The SMILES string of the molecule is Cc1cnc(CNC(=O)C#CBr)s1. The van der Waals surface area contributed by atoms with Crippen LogP contribution in [0.2, 0.25) is 0 Å². The van der Waals surface area contributed by atoms with E-state index in [2.05, 4.69) is 37.0 Å². The number of hydrogen-bond donors (Lipinski definition) is 1. The lowest BCUT2D eigenvalue weighted by Crippen LogP contribution is -2.20. The molecule has 0 radical (unpaired) electrons. The fourth-order valence-electron chi connectivity index (χ4n) is 0.726. The summed E-state index contributed by atoms with van der Waals surface area (Å²) in [5.41, 5.74) is 0. The average molecular weight is 259 g/mol. The van der Waals surface area contributed by atoms with Gasteiger partial charge in [0.05, 0.1) is 6.54 Å². The molecule has 0 bridgehead atoms. The van der Waals surface area contributed by atoms with Crippen molar-refractivity contribution in [2.45, 2.75) is 13.5 Å². The van der Waals surface area contributed by atoms with Crippen molar-refractivity contribution >= 4 is 33.2 Å². The highest BCUT2D eigenvalue weighted by atomic mass is 79.9. The Hall–Kier alpha value is -0.860. The number of carbonyl (C=O) groups excluding carboxylic acids is 1. The van der Waals surface area contributed by atoms with Gasteiger partial charge in [0.1, 0.15) is 5.01 Å². The first-order valence-corrected chi connectivity index (χ1v) is 5.14. The number of nitrogens with one attached hydrogen (secondary N) is 1. The van der Waals surface area contributed by atoms with Crippen LogP contribution in [-0.4, -0.2) is 10.9 Å². The Bertz CT molecular complexity index is 364. The molecule has 1 amide bonds. The van der Waals surface area contributed by atoms with Gasteiger partial charge >= 0.3 is 0 Å². The molecule has 0 spiro atoms. The lowest BCUT2D eigenvalue weighted by atomic mass is 10.6. The van der Waals surface area contributed by atoms with E-state index < -0.39 is 0 Å². The van der Waals surface area contributed by atoms with Crippen LogP contribution in [-0.2, 0) is 11.3 Å². The minimum atomic E-state index is -0.301. The van der Waals surface area contributed by atoms with Crippen LogP contribution in [0.15, 0.2) is 6.20 Å². The summed E-state index contributed by atoms with van der Waals surface area (Å²) in [5, 5.41) is 3.51. The molecule has 13 heavy (non-hydrogen) atoms. The number of rotatable bonds is 2. The topological polar surface area (TPSA) is 42.0 Å². The number of aryl methyl sites for hydroxylation is 1. The van der Waals surface area contributed by atoms with Gasteiger partial charge in [-0.15, -0.1) is 11.3 Å². The van der Waals surface area contributed by atoms with Crippen LogP contribution in [0.4, 0.5) is 0 Å². The van der Waals surface area contributed by atoms with E-state index in [1.165, 1.54) is 0 Å². The van der Waals surface area contributed by atoms with E-state index in [1.807, 2.05) is 6.92 Å². The highest BCUT2D eigenvalue weighted by Gasteiger charge is 1.99. The molecular formula is C8H7BrN2OS. The fraction of sp³-hybridized carbons (Fsp3) is 0.250. The second-order valence-corrected chi connectivity index (χ2v) is 3.98. The Morgan fingerprint density at radius 1 is 1.85 bits per heavy atom. The number of amides is 1. The van der Waals surface area contributed by atoms with E-state index in [0.717, 1.165) is 9.88 Å². The number of thiazole rings is 1. The Balaban J connectivity index is 2.42. The zero-order chi connectivity index (χ0) is 9.68. The number of hydrogen-bond acceptors (Lipinski definition) is 3. The van der Waals surface area contributed by atoms with E-state index in [-0.39, 0.29) is 5.91 Å². The first-order valence-electron chi connectivity index (χ1n) is 3.53. The Morgan fingerprint density at radius 2 is 2.62 bits per heavy atom. The van der Waals surface area contributed by atoms with Gasteiger partial charge in [-0.2, -0.15) is 0 Å². The van der Waals surface area contributed by atoms with E-state index in [0.29, 0.717) is 6.54 Å². The van der Waals surface area contributed by atoms with Crippen molar-refractivity contribution in [3.05, 3.63) is 16.1 Å². The van der Waals surface area contributed by atoms with Gasteiger partial charge in [0, 0.05) is 32.9 Å². The third-order valence-electron chi connectivity index (χ3n) is 1.23. The van der Waals surface area contributed by atoms with Crippen LogP contribution < -0.4 is 5.32 Å². The van der Waals surface area contributed by atoms with Crippen LogP contribution >= 0.6 is 27.3 Å². The predicted octanol–water partition coefficient (Wildman–Crippen LogP) is 1.42. The molecule has 68 valence electrons. The third-order valence-corrected chi connectivity index (χ3v) is 2.34. The van der Waals surface area contributed by atoms with E-state index in [1.54, 1.807) is 17.5 Å². The number of halogens is 1. The fourth-order valence-corrected chi connectivity index (χ4v) is 1.63. The van der Waals surface area contributed by atoms with E-state index in [4.69, 9.17) is 0 Å². The maximum atomic E-state index is 10.9. The monoisotopic (exact) mass is 258 g/mol. The largest absolute Gasteiger partial charge is 0.339 e. The number of nitrogens with zero attached hydrogens (tertiary/aromatic N) is 1. The van der Waals surface area contributed by atoms with Crippen LogP contribution in [0.25, 0.3) is 0 Å². The molecule has 1 N–H and O–H groups in total. The quantitative estimate of drug-likeness (QED) is 0.816. The zero-order valence-electron chi connectivity index (χ0n) is 6.93. The predicted molar refractivity (Wildman–Crippen MR) is 55.4 cm³/mol. The van der Waals surface area contributed by atoms with Gasteiger partial charge in [0.25, 0.3) is 5.91 Å². The summed E-state index contributed by atoms with van der Waals surface area (Å²) in [6.45, 7) is 2.42. The summed E-state index contributed by atoms with van der Waals surface area (Å²) in [4.78, 5) is 18.5. The van der Waals surface area contributed by atoms with Crippen molar-refractivity contribution in [3.8, 4) is 10.8 Å². The van der Waals surface area contributed by atoms with E-state index >= 15 is 0 Å². The minimum absolute atomic E-state index is 0.301. The highest BCUT2D eigenvalue weighted by Crippen LogP contribution is 2.10. The summed E-state index contributed by atoms with van der Waals surface area (Å²) in [5.74, 6) is 2.01. The second kappa shape index (κ2) is 5.00. The smallest absolute Gasteiger partial charge is 0.297 e. The molecule has 0 aliphatic heterocycles. The first-order chi connectivity index (χ1) is 6.22. The minimum Gasteiger partial charge on any atom is -0.339 e. The summed E-state index contributed by atoms with van der Waals surface area (Å²) in [6.07, 6.45) is 1.78. The molecule has 0 saturated carbocycles. The third kappa shape index (κ3) is 3.57. The summed E-state index contributed by atoms with van der Waals surface area (Å²) >= 11 is 4.41. The molecule has 0 fully saturated rings. The molecule has 0 aromatic carbocycles. The summed E-state index contributed by atoms with van der Waals surface area (Å²) in [7, 11) is 0. The molecule has 1 heterocycles. The highest BCUT2D eigenvalue weighted by molar-refractivity contribution is 9.12. The number of aromatic nitrogens is 1. The van der Waals surface area contributed by atoms with Crippen LogP contribution in [0.1, 0.15) is 9.88 Å². The van der Waals surface area contributed by atoms with Gasteiger partial charge < -0.3 is 5.32 Å². The van der Waals surface area contributed by atoms with Gasteiger partial charge in [-0.05, 0) is 11.8 Å². The normalized spacial score (nSPS) is 8.77. The standard InChI is InChI=1S/C8H7BrN2OS/c1-6-4-11-8(13-6)5-10-7(12)2-3-9/h4H,5H2,1H3,(H,10,12). The molecule has 3 nitrogen and oxygen atoms in total. The first kappa shape index (κ1) is 10.2. The van der Waals surface area contributed by atoms with Gasteiger partial charge in [-0.25, -0.2) is 4.98 Å². The van der Waals surface area contributed by atoms with Gasteiger partial charge in [0.15, 0.2) is 0 Å². The lowest BCUT2D eigenvalue weighted by Gasteiger charge is -1.94. The van der Waals surface area contributed by atoms with Crippen molar-refractivity contribution in [2.75, 3.05) is 0 Å². The molecule has 0 unspecified atom stereocenters. The van der Waals surface area contributed by atoms with Crippen molar-refractivity contribution in [1.82, 2.24) is 10.3 Å². The molecule has 1 aromatic rings. The molecule has 5 heteroatoms.